The van der Waals surface area contributed by atoms with E-state index >= 15 is 0 Å². The fraction of sp³-hybridized carbons (Fsp3) is 0.571. The molecule has 0 saturated carbocycles. The first-order valence-electron chi connectivity index (χ1n) is 6.58. The highest BCUT2D eigenvalue weighted by molar-refractivity contribution is 6.29. The van der Waals surface area contributed by atoms with E-state index in [1.807, 2.05) is 18.7 Å². The number of aryl methyl sites for hydroxylation is 1. The van der Waals surface area contributed by atoms with Gasteiger partial charge in [-0.15, -0.1) is 0 Å². The zero-order valence-corrected chi connectivity index (χ0v) is 12.3. The largest absolute Gasteiger partial charge is 0.375 e. The molecule has 1 aromatic rings. The standard InChI is InChI=1S/C14H19ClN2O2/c1-4-12-8-19-10(3)7-17(12)14(18)11-5-9(2)16-13(15)6-11/h5-6,10,12H,4,7-8H2,1-3H3. The maximum atomic E-state index is 12.6. The van der Waals surface area contributed by atoms with E-state index in [1.165, 1.54) is 0 Å². The van der Waals surface area contributed by atoms with Crippen molar-refractivity contribution in [1.82, 2.24) is 9.88 Å². The summed E-state index contributed by atoms with van der Waals surface area (Å²) in [4.78, 5) is 18.6. The van der Waals surface area contributed by atoms with Crippen LogP contribution in [0.5, 0.6) is 0 Å². The Balaban J connectivity index is 2.25. The molecule has 2 atom stereocenters. The van der Waals surface area contributed by atoms with Gasteiger partial charge in [-0.25, -0.2) is 4.98 Å². The number of ether oxygens (including phenoxy) is 1. The number of hydrogen-bond donors (Lipinski definition) is 0. The average molecular weight is 283 g/mol. The van der Waals surface area contributed by atoms with Crippen molar-refractivity contribution in [2.75, 3.05) is 13.2 Å². The van der Waals surface area contributed by atoms with E-state index in [9.17, 15) is 4.79 Å². The lowest BCUT2D eigenvalue weighted by Gasteiger charge is -2.38. The Kier molecular flexibility index (Phi) is 4.42. The van der Waals surface area contributed by atoms with Crippen LogP contribution in [-0.2, 0) is 4.74 Å². The van der Waals surface area contributed by atoms with E-state index in [1.54, 1.807) is 12.1 Å². The number of rotatable bonds is 2. The number of aromatic nitrogens is 1. The van der Waals surface area contributed by atoms with Gasteiger partial charge in [0.2, 0.25) is 0 Å². The van der Waals surface area contributed by atoms with Crippen LogP contribution in [0.25, 0.3) is 0 Å². The third kappa shape index (κ3) is 3.25. The van der Waals surface area contributed by atoms with Crippen LogP contribution in [0.2, 0.25) is 5.15 Å². The molecule has 1 aromatic heterocycles. The third-order valence-corrected chi connectivity index (χ3v) is 3.56. The smallest absolute Gasteiger partial charge is 0.254 e. The molecule has 0 spiro atoms. The summed E-state index contributed by atoms with van der Waals surface area (Å²) in [6.07, 6.45) is 0.959. The highest BCUT2D eigenvalue weighted by atomic mass is 35.5. The zero-order chi connectivity index (χ0) is 14.0. The van der Waals surface area contributed by atoms with Gasteiger partial charge in [0.15, 0.2) is 0 Å². The van der Waals surface area contributed by atoms with Crippen molar-refractivity contribution in [3.05, 3.63) is 28.5 Å². The van der Waals surface area contributed by atoms with Crippen LogP contribution >= 0.6 is 11.6 Å². The lowest BCUT2D eigenvalue weighted by molar-refractivity contribution is -0.0444. The van der Waals surface area contributed by atoms with E-state index < -0.39 is 0 Å². The molecule has 1 fully saturated rings. The number of pyridine rings is 1. The van der Waals surface area contributed by atoms with Gasteiger partial charge in [-0.3, -0.25) is 4.79 Å². The second kappa shape index (κ2) is 5.88. The number of amides is 1. The van der Waals surface area contributed by atoms with Gasteiger partial charge in [-0.1, -0.05) is 18.5 Å². The average Bonchev–Trinajstić information content (AvgIpc) is 2.36. The highest BCUT2D eigenvalue weighted by Gasteiger charge is 2.30. The van der Waals surface area contributed by atoms with Crippen LogP contribution in [0, 0.1) is 6.92 Å². The summed E-state index contributed by atoms with van der Waals surface area (Å²) in [5, 5.41) is 0.359. The minimum atomic E-state index is 0.00870. The Morgan fingerprint density at radius 1 is 1.58 bits per heavy atom. The van der Waals surface area contributed by atoms with E-state index in [0.29, 0.717) is 23.9 Å². The van der Waals surface area contributed by atoms with Crippen molar-refractivity contribution >= 4 is 17.5 Å². The Morgan fingerprint density at radius 3 is 2.95 bits per heavy atom. The predicted octanol–water partition coefficient (Wildman–Crippen LogP) is 2.68. The van der Waals surface area contributed by atoms with Gasteiger partial charge >= 0.3 is 0 Å². The summed E-state index contributed by atoms with van der Waals surface area (Å²) in [7, 11) is 0. The molecule has 2 rings (SSSR count). The van der Waals surface area contributed by atoms with Crippen LogP contribution in [0.3, 0.4) is 0 Å². The molecule has 0 bridgehead atoms. The van der Waals surface area contributed by atoms with Crippen molar-refractivity contribution < 1.29 is 9.53 Å². The Hall–Kier alpha value is -1.13. The van der Waals surface area contributed by atoms with Crippen LogP contribution in [-0.4, -0.2) is 41.1 Å². The van der Waals surface area contributed by atoms with Gasteiger partial charge in [0.1, 0.15) is 5.15 Å². The molecule has 2 unspecified atom stereocenters. The van der Waals surface area contributed by atoms with Crippen molar-refractivity contribution in [2.45, 2.75) is 39.3 Å². The second-order valence-electron chi connectivity index (χ2n) is 4.98. The molecular weight excluding hydrogens is 264 g/mol. The second-order valence-corrected chi connectivity index (χ2v) is 5.37. The van der Waals surface area contributed by atoms with Gasteiger partial charge in [0.25, 0.3) is 5.91 Å². The summed E-state index contributed by atoms with van der Waals surface area (Å²) in [5.41, 5.74) is 1.36. The first-order chi connectivity index (χ1) is 9.01. The topological polar surface area (TPSA) is 42.4 Å². The normalized spacial score (nSPS) is 23.5. The van der Waals surface area contributed by atoms with Crippen LogP contribution < -0.4 is 0 Å². The molecule has 0 radical (unpaired) electrons. The summed E-state index contributed by atoms with van der Waals surface area (Å²) in [6.45, 7) is 7.10. The maximum absolute atomic E-state index is 12.6. The molecule has 1 aliphatic rings. The molecule has 1 amide bonds. The van der Waals surface area contributed by atoms with Crippen molar-refractivity contribution in [2.24, 2.45) is 0 Å². The van der Waals surface area contributed by atoms with E-state index in [-0.39, 0.29) is 18.1 Å². The molecule has 0 N–H and O–H groups in total. The molecule has 4 nitrogen and oxygen atoms in total. The molecule has 1 aliphatic heterocycles. The predicted molar refractivity (Wildman–Crippen MR) is 74.5 cm³/mol. The molecule has 0 aromatic carbocycles. The number of halogens is 1. The van der Waals surface area contributed by atoms with Gasteiger partial charge in [-0.2, -0.15) is 0 Å². The fourth-order valence-electron chi connectivity index (χ4n) is 2.35. The van der Waals surface area contributed by atoms with Crippen LogP contribution in [0.1, 0.15) is 36.3 Å². The first kappa shape index (κ1) is 14.3. The number of morpholine rings is 1. The first-order valence-corrected chi connectivity index (χ1v) is 6.95. The number of hydrogen-bond acceptors (Lipinski definition) is 3. The van der Waals surface area contributed by atoms with Gasteiger partial charge < -0.3 is 9.64 Å². The number of carbonyl (C=O) groups is 1. The summed E-state index contributed by atoms with van der Waals surface area (Å²) in [5.74, 6) is 0.00870. The molecule has 104 valence electrons. The maximum Gasteiger partial charge on any atom is 0.254 e. The fourth-order valence-corrected chi connectivity index (χ4v) is 2.60. The lowest BCUT2D eigenvalue weighted by atomic mass is 10.1. The van der Waals surface area contributed by atoms with Gasteiger partial charge in [0, 0.05) is 17.8 Å². The summed E-state index contributed by atoms with van der Waals surface area (Å²) in [6, 6.07) is 3.54. The van der Waals surface area contributed by atoms with Crippen LogP contribution in [0.15, 0.2) is 12.1 Å². The van der Waals surface area contributed by atoms with Crippen molar-refractivity contribution in [1.29, 1.82) is 0 Å². The zero-order valence-electron chi connectivity index (χ0n) is 11.5. The number of carbonyl (C=O) groups excluding carboxylic acids is 1. The molecule has 0 aliphatic carbocycles. The minimum Gasteiger partial charge on any atom is -0.375 e. The molecule has 1 saturated heterocycles. The van der Waals surface area contributed by atoms with Gasteiger partial charge in [-0.05, 0) is 32.4 Å². The summed E-state index contributed by atoms with van der Waals surface area (Å²) < 4.78 is 5.61. The van der Waals surface area contributed by atoms with E-state index in [2.05, 4.69) is 11.9 Å². The Bertz CT molecular complexity index is 458. The summed E-state index contributed by atoms with van der Waals surface area (Å²) >= 11 is 5.93. The SMILES string of the molecule is CCC1COC(C)CN1C(=O)c1cc(C)nc(Cl)c1. The Labute approximate surface area is 118 Å². The highest BCUT2D eigenvalue weighted by Crippen LogP contribution is 2.19. The number of nitrogens with zero attached hydrogens (tertiary/aromatic N) is 2. The van der Waals surface area contributed by atoms with Crippen molar-refractivity contribution in [3.63, 3.8) is 0 Å². The molecule has 19 heavy (non-hydrogen) atoms. The molecule has 2 heterocycles. The van der Waals surface area contributed by atoms with E-state index in [0.717, 1.165) is 12.1 Å². The molecule has 5 heteroatoms. The monoisotopic (exact) mass is 282 g/mol. The van der Waals surface area contributed by atoms with E-state index in [4.69, 9.17) is 16.3 Å². The quantitative estimate of drug-likeness (QED) is 0.783. The minimum absolute atomic E-state index is 0.00870. The van der Waals surface area contributed by atoms with Gasteiger partial charge in [0.05, 0.1) is 18.8 Å². The van der Waals surface area contributed by atoms with Crippen molar-refractivity contribution in [3.8, 4) is 0 Å². The lowest BCUT2D eigenvalue weighted by Crippen LogP contribution is -2.51. The molecular formula is C14H19ClN2O2. The third-order valence-electron chi connectivity index (χ3n) is 3.37. The van der Waals surface area contributed by atoms with Crippen LogP contribution in [0.4, 0.5) is 0 Å². The Morgan fingerprint density at radius 2 is 2.32 bits per heavy atom.